The third-order valence-electron chi connectivity index (χ3n) is 2.09. The van der Waals surface area contributed by atoms with Crippen LogP contribution in [0.15, 0.2) is 12.1 Å². The number of anilines is 2. The third kappa shape index (κ3) is 3.54. The molecule has 1 heterocycles. The Morgan fingerprint density at radius 1 is 1.65 bits per heavy atom. The summed E-state index contributed by atoms with van der Waals surface area (Å²) in [7, 11) is 0. The van der Waals surface area contributed by atoms with Crippen molar-refractivity contribution in [3.8, 4) is 0 Å². The molecule has 1 unspecified atom stereocenters. The Balaban J connectivity index is 2.75. The predicted octanol–water partition coefficient (Wildman–Crippen LogP) is -0.273. The number of aromatic nitrogens is 1. The van der Waals surface area contributed by atoms with E-state index in [0.29, 0.717) is 5.82 Å². The summed E-state index contributed by atoms with van der Waals surface area (Å²) in [5, 5.41) is 31.5. The molecule has 0 radical (unpaired) electrons. The maximum Gasteiger partial charge on any atom is 0.311 e. The molecular formula is C9H14N4O4. The lowest BCUT2D eigenvalue weighted by molar-refractivity contribution is -0.384. The van der Waals surface area contributed by atoms with E-state index in [4.69, 9.17) is 10.8 Å². The molecule has 0 spiro atoms. The number of pyridine rings is 1. The maximum atomic E-state index is 10.5. The van der Waals surface area contributed by atoms with E-state index in [1.807, 2.05) is 0 Å². The smallest absolute Gasteiger partial charge is 0.311 e. The number of aliphatic hydroxyl groups excluding tert-OH is 1. The Hall–Kier alpha value is -1.93. The van der Waals surface area contributed by atoms with Crippen LogP contribution in [0.5, 0.6) is 0 Å². The minimum absolute atomic E-state index is 0.0494. The molecule has 0 saturated heterocycles. The molecule has 17 heavy (non-hydrogen) atoms. The van der Waals surface area contributed by atoms with Crippen molar-refractivity contribution in [2.75, 3.05) is 24.2 Å². The fourth-order valence-corrected chi connectivity index (χ4v) is 1.06. The van der Waals surface area contributed by atoms with E-state index in [1.165, 1.54) is 19.1 Å². The molecule has 0 aliphatic heterocycles. The van der Waals surface area contributed by atoms with Crippen molar-refractivity contribution in [2.24, 2.45) is 0 Å². The van der Waals surface area contributed by atoms with Gasteiger partial charge in [-0.2, -0.15) is 0 Å². The largest absolute Gasteiger partial charge is 0.393 e. The lowest BCUT2D eigenvalue weighted by Gasteiger charge is -2.20. The number of aliphatic hydroxyl groups is 2. The van der Waals surface area contributed by atoms with Gasteiger partial charge in [0.1, 0.15) is 11.4 Å². The van der Waals surface area contributed by atoms with Gasteiger partial charge in [-0.05, 0) is 13.0 Å². The minimum atomic E-state index is -1.29. The molecule has 0 amide bonds. The number of nitrogens with one attached hydrogen (secondary N) is 1. The Kier molecular flexibility index (Phi) is 3.81. The van der Waals surface area contributed by atoms with Gasteiger partial charge in [0.05, 0.1) is 11.5 Å². The Morgan fingerprint density at radius 3 is 2.76 bits per heavy atom. The van der Waals surface area contributed by atoms with Gasteiger partial charge in [0.2, 0.25) is 5.82 Å². The second-order valence-corrected chi connectivity index (χ2v) is 3.87. The summed E-state index contributed by atoms with van der Waals surface area (Å²) in [6.45, 7) is 1.07. The molecule has 1 aromatic rings. The van der Waals surface area contributed by atoms with Crippen molar-refractivity contribution < 1.29 is 15.1 Å². The third-order valence-corrected chi connectivity index (χ3v) is 2.09. The van der Waals surface area contributed by atoms with Crippen LogP contribution in [0.25, 0.3) is 0 Å². The van der Waals surface area contributed by atoms with Crippen molar-refractivity contribution in [1.29, 1.82) is 0 Å². The van der Waals surface area contributed by atoms with Gasteiger partial charge in [0.25, 0.3) is 0 Å². The fraction of sp³-hybridized carbons (Fsp3) is 0.444. The first-order chi connectivity index (χ1) is 7.85. The SMILES string of the molecule is CC(O)(CO)CNc1ccc([N+](=O)[O-])c(N)n1. The fourth-order valence-electron chi connectivity index (χ4n) is 1.06. The van der Waals surface area contributed by atoms with Crippen LogP contribution in [0.2, 0.25) is 0 Å². The molecule has 8 heteroatoms. The minimum Gasteiger partial charge on any atom is -0.393 e. The number of hydrogen-bond acceptors (Lipinski definition) is 7. The summed E-state index contributed by atoms with van der Waals surface area (Å²) in [6, 6.07) is 2.60. The zero-order valence-corrected chi connectivity index (χ0v) is 9.25. The Labute approximate surface area is 97.2 Å². The van der Waals surface area contributed by atoms with Crippen molar-refractivity contribution >= 4 is 17.3 Å². The predicted molar refractivity (Wildman–Crippen MR) is 61.5 cm³/mol. The zero-order chi connectivity index (χ0) is 13.1. The summed E-state index contributed by atoms with van der Waals surface area (Å²) in [5.74, 6) is 0.0884. The second kappa shape index (κ2) is 4.93. The van der Waals surface area contributed by atoms with Crippen LogP contribution in [-0.2, 0) is 0 Å². The zero-order valence-electron chi connectivity index (χ0n) is 9.25. The molecule has 0 aromatic carbocycles. The van der Waals surface area contributed by atoms with Gasteiger partial charge in [0, 0.05) is 12.6 Å². The topological polar surface area (TPSA) is 135 Å². The lowest BCUT2D eigenvalue weighted by atomic mass is 10.1. The molecular weight excluding hydrogens is 228 g/mol. The van der Waals surface area contributed by atoms with E-state index >= 15 is 0 Å². The van der Waals surface area contributed by atoms with Crippen LogP contribution in [0.4, 0.5) is 17.3 Å². The van der Waals surface area contributed by atoms with Crippen LogP contribution in [0.3, 0.4) is 0 Å². The molecule has 0 saturated carbocycles. The molecule has 8 nitrogen and oxygen atoms in total. The monoisotopic (exact) mass is 242 g/mol. The quantitative estimate of drug-likeness (QED) is 0.412. The number of rotatable bonds is 5. The van der Waals surface area contributed by atoms with Gasteiger partial charge in [-0.15, -0.1) is 0 Å². The first-order valence-corrected chi connectivity index (χ1v) is 4.84. The summed E-state index contributed by atoms with van der Waals surface area (Å²) < 4.78 is 0. The second-order valence-electron chi connectivity index (χ2n) is 3.87. The Bertz CT molecular complexity index is 421. The van der Waals surface area contributed by atoms with E-state index in [-0.39, 0.29) is 18.1 Å². The average Bonchev–Trinajstić information content (AvgIpc) is 2.26. The maximum absolute atomic E-state index is 10.5. The Morgan fingerprint density at radius 2 is 2.29 bits per heavy atom. The summed E-state index contributed by atoms with van der Waals surface area (Å²) in [4.78, 5) is 13.6. The van der Waals surface area contributed by atoms with Crippen LogP contribution >= 0.6 is 0 Å². The molecule has 1 rings (SSSR count). The van der Waals surface area contributed by atoms with Crippen LogP contribution < -0.4 is 11.1 Å². The van der Waals surface area contributed by atoms with E-state index in [2.05, 4.69) is 10.3 Å². The van der Waals surface area contributed by atoms with E-state index in [0.717, 1.165) is 0 Å². The number of nitrogens with two attached hydrogens (primary N) is 1. The normalized spacial score (nSPS) is 14.1. The average molecular weight is 242 g/mol. The molecule has 0 aliphatic carbocycles. The van der Waals surface area contributed by atoms with Crippen molar-refractivity contribution in [3.63, 3.8) is 0 Å². The molecule has 5 N–H and O–H groups in total. The van der Waals surface area contributed by atoms with Gasteiger partial charge in [-0.3, -0.25) is 10.1 Å². The van der Waals surface area contributed by atoms with Gasteiger partial charge in [-0.25, -0.2) is 4.98 Å². The summed E-state index contributed by atoms with van der Waals surface area (Å²) in [5.41, 5.74) is 3.82. The molecule has 94 valence electrons. The van der Waals surface area contributed by atoms with Crippen LogP contribution in [-0.4, -0.2) is 38.9 Å². The molecule has 0 aliphatic rings. The van der Waals surface area contributed by atoms with Gasteiger partial charge in [0.15, 0.2) is 0 Å². The van der Waals surface area contributed by atoms with Gasteiger partial charge < -0.3 is 21.3 Å². The van der Waals surface area contributed by atoms with E-state index in [9.17, 15) is 15.2 Å². The summed E-state index contributed by atoms with van der Waals surface area (Å²) >= 11 is 0. The van der Waals surface area contributed by atoms with Crippen molar-refractivity contribution in [2.45, 2.75) is 12.5 Å². The van der Waals surface area contributed by atoms with Crippen molar-refractivity contribution in [1.82, 2.24) is 4.98 Å². The van der Waals surface area contributed by atoms with E-state index < -0.39 is 17.1 Å². The molecule has 0 bridgehead atoms. The van der Waals surface area contributed by atoms with Gasteiger partial charge >= 0.3 is 5.69 Å². The standard InChI is InChI=1S/C9H14N4O4/c1-9(15,5-14)4-11-7-3-2-6(13(16)17)8(10)12-7/h2-3,14-15H,4-5H2,1H3,(H3,10,11,12). The first kappa shape index (κ1) is 13.1. The highest BCUT2D eigenvalue weighted by molar-refractivity contribution is 5.57. The number of nitrogen functional groups attached to an aromatic ring is 1. The lowest BCUT2D eigenvalue weighted by Crippen LogP contribution is -2.37. The molecule has 0 fully saturated rings. The van der Waals surface area contributed by atoms with Gasteiger partial charge in [-0.1, -0.05) is 0 Å². The molecule has 1 aromatic heterocycles. The number of hydrogen-bond donors (Lipinski definition) is 4. The first-order valence-electron chi connectivity index (χ1n) is 4.84. The van der Waals surface area contributed by atoms with Crippen LogP contribution in [0, 0.1) is 10.1 Å². The highest BCUT2D eigenvalue weighted by atomic mass is 16.6. The highest BCUT2D eigenvalue weighted by Crippen LogP contribution is 2.20. The number of nitro groups is 1. The highest BCUT2D eigenvalue weighted by Gasteiger charge is 2.19. The number of nitrogens with zero attached hydrogens (tertiary/aromatic N) is 2. The van der Waals surface area contributed by atoms with Crippen LogP contribution in [0.1, 0.15) is 6.92 Å². The molecule has 1 atom stereocenters. The summed E-state index contributed by atoms with van der Waals surface area (Å²) in [6.07, 6.45) is 0. The van der Waals surface area contributed by atoms with E-state index in [1.54, 1.807) is 0 Å². The van der Waals surface area contributed by atoms with Crippen molar-refractivity contribution in [3.05, 3.63) is 22.2 Å².